The monoisotopic (exact) mass is 277 g/mol. The SMILES string of the molecule is OC(Cc1cccnc1)c1cc(Cl)c2c(c1)OCO2. The van der Waals surface area contributed by atoms with Gasteiger partial charge < -0.3 is 14.6 Å². The number of hydrogen-bond acceptors (Lipinski definition) is 4. The van der Waals surface area contributed by atoms with Gasteiger partial charge in [-0.15, -0.1) is 0 Å². The predicted molar refractivity (Wildman–Crippen MR) is 70.5 cm³/mol. The molecule has 0 saturated carbocycles. The van der Waals surface area contributed by atoms with E-state index in [9.17, 15) is 5.11 Å². The Morgan fingerprint density at radius 3 is 3.05 bits per heavy atom. The molecule has 2 aromatic rings. The molecule has 0 bridgehead atoms. The van der Waals surface area contributed by atoms with E-state index in [1.807, 2.05) is 12.1 Å². The third kappa shape index (κ3) is 2.50. The number of aliphatic hydroxyl groups is 1. The van der Waals surface area contributed by atoms with Crippen molar-refractivity contribution in [2.24, 2.45) is 0 Å². The Morgan fingerprint density at radius 2 is 2.26 bits per heavy atom. The number of aromatic nitrogens is 1. The predicted octanol–water partition coefficient (Wildman–Crippen LogP) is 2.74. The van der Waals surface area contributed by atoms with Gasteiger partial charge in [0.25, 0.3) is 0 Å². The first-order chi connectivity index (χ1) is 9.24. The number of aliphatic hydroxyl groups excluding tert-OH is 1. The van der Waals surface area contributed by atoms with E-state index in [0.717, 1.165) is 5.56 Å². The van der Waals surface area contributed by atoms with Crippen molar-refractivity contribution < 1.29 is 14.6 Å². The molecule has 1 N–H and O–H groups in total. The van der Waals surface area contributed by atoms with Crippen LogP contribution in [0.25, 0.3) is 0 Å². The van der Waals surface area contributed by atoms with E-state index in [4.69, 9.17) is 21.1 Å². The van der Waals surface area contributed by atoms with Gasteiger partial charge in [0.1, 0.15) is 0 Å². The van der Waals surface area contributed by atoms with Crippen molar-refractivity contribution in [2.75, 3.05) is 6.79 Å². The summed E-state index contributed by atoms with van der Waals surface area (Å²) in [4.78, 5) is 4.02. The molecule has 0 spiro atoms. The Balaban J connectivity index is 1.84. The van der Waals surface area contributed by atoms with Crippen LogP contribution in [0, 0.1) is 0 Å². The first-order valence-electron chi connectivity index (χ1n) is 5.90. The van der Waals surface area contributed by atoms with Crippen LogP contribution >= 0.6 is 11.6 Å². The number of pyridine rings is 1. The number of halogens is 1. The molecule has 19 heavy (non-hydrogen) atoms. The normalized spacial score (nSPS) is 14.4. The molecule has 0 saturated heterocycles. The smallest absolute Gasteiger partial charge is 0.231 e. The Labute approximate surface area is 115 Å². The molecule has 0 amide bonds. The van der Waals surface area contributed by atoms with Crippen molar-refractivity contribution in [1.82, 2.24) is 4.98 Å². The maximum atomic E-state index is 10.2. The van der Waals surface area contributed by atoms with Crippen molar-refractivity contribution in [3.05, 3.63) is 52.8 Å². The fourth-order valence-electron chi connectivity index (χ4n) is 2.04. The molecule has 1 atom stereocenters. The van der Waals surface area contributed by atoms with Gasteiger partial charge in [0.15, 0.2) is 11.5 Å². The van der Waals surface area contributed by atoms with E-state index in [1.165, 1.54) is 0 Å². The zero-order valence-electron chi connectivity index (χ0n) is 10.0. The van der Waals surface area contributed by atoms with Crippen molar-refractivity contribution in [2.45, 2.75) is 12.5 Å². The zero-order chi connectivity index (χ0) is 13.2. The molecule has 1 aromatic carbocycles. The largest absolute Gasteiger partial charge is 0.454 e. The van der Waals surface area contributed by atoms with Gasteiger partial charge in [0.05, 0.1) is 11.1 Å². The van der Waals surface area contributed by atoms with Gasteiger partial charge in [0, 0.05) is 18.8 Å². The van der Waals surface area contributed by atoms with Gasteiger partial charge in [-0.1, -0.05) is 17.7 Å². The second kappa shape index (κ2) is 5.07. The number of ether oxygens (including phenoxy) is 2. The molecule has 3 rings (SSSR count). The van der Waals surface area contributed by atoms with Gasteiger partial charge in [-0.3, -0.25) is 4.98 Å². The third-order valence-electron chi connectivity index (χ3n) is 2.99. The summed E-state index contributed by atoms with van der Waals surface area (Å²) in [6, 6.07) is 7.23. The van der Waals surface area contributed by atoms with E-state index in [-0.39, 0.29) is 6.79 Å². The second-order valence-corrected chi connectivity index (χ2v) is 4.72. The summed E-state index contributed by atoms with van der Waals surface area (Å²) >= 11 is 6.09. The van der Waals surface area contributed by atoms with Crippen LogP contribution in [0.3, 0.4) is 0 Å². The molecule has 1 aliphatic heterocycles. The average Bonchev–Trinajstić information content (AvgIpc) is 2.88. The lowest BCUT2D eigenvalue weighted by molar-refractivity contribution is 0.171. The Kier molecular flexibility index (Phi) is 3.27. The summed E-state index contributed by atoms with van der Waals surface area (Å²) in [5, 5.41) is 10.7. The summed E-state index contributed by atoms with van der Waals surface area (Å²) < 4.78 is 10.5. The molecule has 1 aromatic heterocycles. The van der Waals surface area contributed by atoms with E-state index < -0.39 is 6.10 Å². The van der Waals surface area contributed by atoms with E-state index in [0.29, 0.717) is 28.5 Å². The van der Waals surface area contributed by atoms with Crippen molar-refractivity contribution in [3.63, 3.8) is 0 Å². The fraction of sp³-hybridized carbons (Fsp3) is 0.214. The van der Waals surface area contributed by atoms with Crippen LogP contribution in [-0.2, 0) is 6.42 Å². The lowest BCUT2D eigenvalue weighted by atomic mass is 10.0. The van der Waals surface area contributed by atoms with Gasteiger partial charge >= 0.3 is 0 Å². The van der Waals surface area contributed by atoms with Crippen molar-refractivity contribution in [1.29, 1.82) is 0 Å². The molecule has 5 heteroatoms. The van der Waals surface area contributed by atoms with Gasteiger partial charge in [0.2, 0.25) is 6.79 Å². The topological polar surface area (TPSA) is 51.6 Å². The van der Waals surface area contributed by atoms with E-state index in [2.05, 4.69) is 4.98 Å². The highest BCUT2D eigenvalue weighted by Crippen LogP contribution is 2.41. The van der Waals surface area contributed by atoms with E-state index in [1.54, 1.807) is 24.5 Å². The molecule has 1 aliphatic rings. The summed E-state index contributed by atoms with van der Waals surface area (Å²) in [6.07, 6.45) is 3.26. The number of nitrogens with zero attached hydrogens (tertiary/aromatic N) is 1. The van der Waals surface area contributed by atoms with Gasteiger partial charge in [-0.25, -0.2) is 0 Å². The maximum Gasteiger partial charge on any atom is 0.231 e. The lowest BCUT2D eigenvalue weighted by Crippen LogP contribution is -2.02. The number of benzene rings is 1. The Hall–Kier alpha value is -1.78. The van der Waals surface area contributed by atoms with Crippen LogP contribution < -0.4 is 9.47 Å². The fourth-order valence-corrected chi connectivity index (χ4v) is 2.31. The number of hydrogen-bond donors (Lipinski definition) is 1. The maximum absolute atomic E-state index is 10.2. The van der Waals surface area contributed by atoms with Crippen molar-refractivity contribution in [3.8, 4) is 11.5 Å². The highest BCUT2D eigenvalue weighted by atomic mass is 35.5. The summed E-state index contributed by atoms with van der Waals surface area (Å²) in [5.74, 6) is 1.12. The molecule has 0 radical (unpaired) electrons. The van der Waals surface area contributed by atoms with E-state index >= 15 is 0 Å². The van der Waals surface area contributed by atoms with Crippen LogP contribution in [-0.4, -0.2) is 16.9 Å². The average molecular weight is 278 g/mol. The molecule has 2 heterocycles. The number of rotatable bonds is 3. The molecular formula is C14H12ClNO3. The quantitative estimate of drug-likeness (QED) is 0.937. The van der Waals surface area contributed by atoms with Crippen molar-refractivity contribution >= 4 is 11.6 Å². The van der Waals surface area contributed by atoms with Crippen LogP contribution in [0.4, 0.5) is 0 Å². The molecule has 1 unspecified atom stereocenters. The molecule has 0 aliphatic carbocycles. The van der Waals surface area contributed by atoms with Crippen LogP contribution in [0.1, 0.15) is 17.2 Å². The molecule has 98 valence electrons. The first-order valence-corrected chi connectivity index (χ1v) is 6.28. The minimum atomic E-state index is -0.656. The second-order valence-electron chi connectivity index (χ2n) is 4.32. The zero-order valence-corrected chi connectivity index (χ0v) is 10.8. The lowest BCUT2D eigenvalue weighted by Gasteiger charge is -2.12. The van der Waals surface area contributed by atoms with Gasteiger partial charge in [-0.05, 0) is 29.3 Å². The molecular weight excluding hydrogens is 266 g/mol. The molecule has 0 fully saturated rings. The van der Waals surface area contributed by atoms with Crippen LogP contribution in [0.2, 0.25) is 5.02 Å². The van der Waals surface area contributed by atoms with Gasteiger partial charge in [-0.2, -0.15) is 0 Å². The summed E-state index contributed by atoms with van der Waals surface area (Å²) in [6.45, 7) is 0.164. The highest BCUT2D eigenvalue weighted by molar-refractivity contribution is 6.32. The Morgan fingerprint density at radius 1 is 1.37 bits per heavy atom. The number of fused-ring (bicyclic) bond motifs is 1. The first kappa shape index (κ1) is 12.3. The third-order valence-corrected chi connectivity index (χ3v) is 3.27. The summed E-state index contributed by atoms with van der Waals surface area (Å²) in [5.41, 5.74) is 1.67. The van der Waals surface area contributed by atoms with Crippen LogP contribution in [0.5, 0.6) is 11.5 Å². The summed E-state index contributed by atoms with van der Waals surface area (Å²) in [7, 11) is 0. The Bertz CT molecular complexity index is 589. The standard InChI is InChI=1S/C14H12ClNO3/c15-11-5-10(6-13-14(11)19-8-18-13)12(17)4-9-2-1-3-16-7-9/h1-3,5-7,12,17H,4,8H2. The minimum Gasteiger partial charge on any atom is -0.454 e. The minimum absolute atomic E-state index is 0.164. The highest BCUT2D eigenvalue weighted by Gasteiger charge is 2.20. The molecule has 4 nitrogen and oxygen atoms in total. The van der Waals surface area contributed by atoms with Crippen LogP contribution in [0.15, 0.2) is 36.7 Å².